The highest BCUT2D eigenvalue weighted by Crippen LogP contribution is 2.44. The van der Waals surface area contributed by atoms with Crippen molar-refractivity contribution in [3.05, 3.63) is 204 Å². The first-order valence-corrected chi connectivity index (χ1v) is 18.8. The van der Waals surface area contributed by atoms with Crippen LogP contribution in [0.5, 0.6) is 0 Å². The minimum absolute atomic E-state index is 1.11. The SMILES string of the molecule is CCCCCCc1ccc2c(-c3ccc(-c4ccccc4)cc3)c3ccccc3c(-c3ccc(C=C(c4ccccc4)c4ccccc4)cc3)c2c1. The quantitative estimate of drug-likeness (QED) is 0.0731. The van der Waals surface area contributed by atoms with Crippen molar-refractivity contribution in [3.63, 3.8) is 0 Å². The molecule has 0 aliphatic heterocycles. The van der Waals surface area contributed by atoms with Crippen molar-refractivity contribution in [2.75, 3.05) is 0 Å². The highest BCUT2D eigenvalue weighted by Gasteiger charge is 2.17. The van der Waals surface area contributed by atoms with Gasteiger partial charge in [0.15, 0.2) is 0 Å². The van der Waals surface area contributed by atoms with Crippen LogP contribution in [-0.2, 0) is 6.42 Å². The first kappa shape index (κ1) is 33.2. The van der Waals surface area contributed by atoms with Gasteiger partial charge in [0, 0.05) is 0 Å². The average molecular weight is 669 g/mol. The van der Waals surface area contributed by atoms with Gasteiger partial charge in [-0.25, -0.2) is 0 Å². The molecule has 0 N–H and O–H groups in total. The molecule has 0 unspecified atom stereocenters. The van der Waals surface area contributed by atoms with Gasteiger partial charge >= 0.3 is 0 Å². The molecular weight excluding hydrogens is 625 g/mol. The van der Waals surface area contributed by atoms with Crippen molar-refractivity contribution in [3.8, 4) is 33.4 Å². The van der Waals surface area contributed by atoms with Crippen LogP contribution < -0.4 is 0 Å². The van der Waals surface area contributed by atoms with Crippen molar-refractivity contribution in [2.45, 2.75) is 39.0 Å². The molecule has 0 bridgehead atoms. The lowest BCUT2D eigenvalue weighted by Crippen LogP contribution is -1.93. The summed E-state index contributed by atoms with van der Waals surface area (Å²) >= 11 is 0. The van der Waals surface area contributed by atoms with Crippen LogP contribution in [0.25, 0.3) is 66.6 Å². The van der Waals surface area contributed by atoms with Gasteiger partial charge in [0.05, 0.1) is 0 Å². The summed E-state index contributed by atoms with van der Waals surface area (Å²) < 4.78 is 0. The fourth-order valence-electron chi connectivity index (χ4n) is 7.70. The van der Waals surface area contributed by atoms with Crippen molar-refractivity contribution >= 4 is 33.2 Å². The molecule has 0 nitrogen and oxygen atoms in total. The third kappa shape index (κ3) is 6.98. The lowest BCUT2D eigenvalue weighted by atomic mass is 9.84. The average Bonchev–Trinajstić information content (AvgIpc) is 3.22. The van der Waals surface area contributed by atoms with Crippen LogP contribution in [0, 0.1) is 0 Å². The summed E-state index contributed by atoms with van der Waals surface area (Å²) in [6.07, 6.45) is 8.48. The maximum absolute atomic E-state index is 2.49. The predicted octanol–water partition coefficient (Wildman–Crippen LogP) is 14.7. The molecule has 0 amide bonds. The fraction of sp³-hybridized carbons (Fsp3) is 0.115. The Hall–Kier alpha value is -5.98. The van der Waals surface area contributed by atoms with E-state index in [2.05, 4.69) is 195 Å². The van der Waals surface area contributed by atoms with E-state index in [1.54, 1.807) is 0 Å². The molecule has 0 heteroatoms. The van der Waals surface area contributed by atoms with E-state index in [0.717, 1.165) is 6.42 Å². The van der Waals surface area contributed by atoms with E-state index in [9.17, 15) is 0 Å². The Morgan fingerprint density at radius 1 is 0.404 bits per heavy atom. The third-order valence-corrected chi connectivity index (χ3v) is 10.4. The molecule has 0 radical (unpaired) electrons. The highest BCUT2D eigenvalue weighted by molar-refractivity contribution is 6.21. The number of hydrogen-bond donors (Lipinski definition) is 0. The summed E-state index contributed by atoms with van der Waals surface area (Å²) in [7, 11) is 0. The van der Waals surface area contributed by atoms with E-state index in [-0.39, 0.29) is 0 Å². The Morgan fingerprint density at radius 3 is 1.48 bits per heavy atom. The molecule has 0 heterocycles. The smallest absolute Gasteiger partial charge is 0.00263 e. The van der Waals surface area contributed by atoms with Crippen LogP contribution in [0.4, 0.5) is 0 Å². The number of hydrogen-bond acceptors (Lipinski definition) is 0. The summed E-state index contributed by atoms with van der Waals surface area (Å²) in [6.45, 7) is 2.28. The lowest BCUT2D eigenvalue weighted by molar-refractivity contribution is 0.667. The van der Waals surface area contributed by atoms with E-state index in [0.29, 0.717) is 0 Å². The Labute approximate surface area is 308 Å². The molecule has 8 aromatic rings. The number of aryl methyl sites for hydroxylation is 1. The predicted molar refractivity (Wildman–Crippen MR) is 225 cm³/mol. The van der Waals surface area contributed by atoms with Crippen molar-refractivity contribution < 1.29 is 0 Å². The zero-order valence-corrected chi connectivity index (χ0v) is 29.9. The van der Waals surface area contributed by atoms with Crippen LogP contribution in [-0.4, -0.2) is 0 Å². The number of unbranched alkanes of at least 4 members (excludes halogenated alkanes) is 3. The Kier molecular flexibility index (Phi) is 9.89. The van der Waals surface area contributed by atoms with Gasteiger partial charge in [-0.3, -0.25) is 0 Å². The van der Waals surface area contributed by atoms with Crippen molar-refractivity contribution in [2.24, 2.45) is 0 Å². The second-order valence-electron chi connectivity index (χ2n) is 13.8. The van der Waals surface area contributed by atoms with Gasteiger partial charge in [-0.05, 0) is 102 Å². The van der Waals surface area contributed by atoms with E-state index < -0.39 is 0 Å². The molecular formula is C52H44. The normalized spacial score (nSPS) is 11.2. The van der Waals surface area contributed by atoms with Gasteiger partial charge in [0.25, 0.3) is 0 Å². The molecule has 252 valence electrons. The van der Waals surface area contributed by atoms with E-state index >= 15 is 0 Å². The van der Waals surface area contributed by atoms with Crippen LogP contribution >= 0.6 is 0 Å². The Balaban J connectivity index is 1.27. The first-order valence-electron chi connectivity index (χ1n) is 18.8. The largest absolute Gasteiger partial charge is 0.0654 e. The van der Waals surface area contributed by atoms with E-state index in [1.807, 2.05) is 0 Å². The second kappa shape index (κ2) is 15.5. The number of fused-ring (bicyclic) bond motifs is 2. The van der Waals surface area contributed by atoms with Gasteiger partial charge in [0.1, 0.15) is 0 Å². The molecule has 0 spiro atoms. The molecule has 0 saturated carbocycles. The fourth-order valence-corrected chi connectivity index (χ4v) is 7.70. The Morgan fingerprint density at radius 2 is 0.885 bits per heavy atom. The zero-order valence-electron chi connectivity index (χ0n) is 29.9. The third-order valence-electron chi connectivity index (χ3n) is 10.4. The van der Waals surface area contributed by atoms with Crippen molar-refractivity contribution in [1.82, 2.24) is 0 Å². The molecule has 52 heavy (non-hydrogen) atoms. The molecule has 0 saturated heterocycles. The number of benzene rings is 8. The van der Waals surface area contributed by atoms with E-state index in [4.69, 9.17) is 0 Å². The summed E-state index contributed by atoms with van der Waals surface area (Å²) in [5, 5.41) is 5.20. The molecule has 0 fully saturated rings. The van der Waals surface area contributed by atoms with Crippen LogP contribution in [0.1, 0.15) is 54.9 Å². The number of rotatable bonds is 11. The Bertz CT molecular complexity index is 2390. The maximum atomic E-state index is 2.49. The lowest BCUT2D eigenvalue weighted by Gasteiger charge is -2.19. The van der Waals surface area contributed by atoms with Gasteiger partial charge < -0.3 is 0 Å². The molecule has 8 aromatic carbocycles. The summed E-state index contributed by atoms with van der Waals surface area (Å²) in [6, 6.07) is 66.7. The van der Waals surface area contributed by atoms with Gasteiger partial charge in [0.2, 0.25) is 0 Å². The molecule has 0 aliphatic rings. The van der Waals surface area contributed by atoms with E-state index in [1.165, 1.54) is 108 Å². The van der Waals surface area contributed by atoms with Crippen molar-refractivity contribution in [1.29, 1.82) is 0 Å². The van der Waals surface area contributed by atoms with Gasteiger partial charge in [-0.2, -0.15) is 0 Å². The molecule has 0 aromatic heterocycles. The van der Waals surface area contributed by atoms with Crippen LogP contribution in [0.15, 0.2) is 182 Å². The van der Waals surface area contributed by atoms with Gasteiger partial charge in [-0.1, -0.05) is 208 Å². The van der Waals surface area contributed by atoms with Crippen LogP contribution in [0.2, 0.25) is 0 Å². The molecule has 8 rings (SSSR count). The summed E-state index contributed by atoms with van der Waals surface area (Å²) in [5.74, 6) is 0. The minimum atomic E-state index is 1.11. The first-order chi connectivity index (χ1) is 25.8. The molecule has 0 aliphatic carbocycles. The topological polar surface area (TPSA) is 0 Å². The summed E-state index contributed by atoms with van der Waals surface area (Å²) in [5.41, 5.74) is 13.8. The highest BCUT2D eigenvalue weighted by atomic mass is 14.2. The maximum Gasteiger partial charge on any atom is -0.00263 e. The molecule has 0 atom stereocenters. The standard InChI is InChI=1S/C52H44/c1-2-3-4-8-17-38-28-35-48-50(37-38)52(44-29-26-39(27-30-44)36-49(42-20-11-6-12-21-42)43-22-13-7-14-23-43)47-25-16-15-24-46(47)51(48)45-33-31-41(32-34-45)40-18-9-5-10-19-40/h5-7,9-16,18-37H,2-4,8,17H2,1H3. The monoisotopic (exact) mass is 668 g/mol. The second-order valence-corrected chi connectivity index (χ2v) is 13.8. The van der Waals surface area contributed by atoms with Gasteiger partial charge in [-0.15, -0.1) is 0 Å². The summed E-state index contributed by atoms with van der Waals surface area (Å²) in [4.78, 5) is 0. The van der Waals surface area contributed by atoms with Crippen LogP contribution in [0.3, 0.4) is 0 Å². The minimum Gasteiger partial charge on any atom is -0.0654 e. The zero-order chi connectivity index (χ0) is 35.1.